The predicted molar refractivity (Wildman–Crippen MR) is 101 cm³/mol. The highest BCUT2D eigenvalue weighted by atomic mass is 35.5. The van der Waals surface area contributed by atoms with Gasteiger partial charge in [0.05, 0.1) is 24.8 Å². The van der Waals surface area contributed by atoms with E-state index < -0.39 is 0 Å². The van der Waals surface area contributed by atoms with E-state index >= 15 is 0 Å². The maximum atomic E-state index is 6.06. The van der Waals surface area contributed by atoms with E-state index in [1.165, 1.54) is 0 Å². The fourth-order valence-electron chi connectivity index (χ4n) is 2.88. The number of aliphatic imine (C=N–C) groups is 1. The molecule has 0 saturated heterocycles. The average Bonchev–Trinajstić information content (AvgIpc) is 2.63. The second kappa shape index (κ2) is 8.12. The zero-order valence-electron chi connectivity index (χ0n) is 14.2. The van der Waals surface area contributed by atoms with E-state index in [1.807, 2.05) is 36.4 Å². The third kappa shape index (κ3) is 4.37. The number of halogens is 1. The fraction of sp³-hybridized carbons (Fsp3) is 0.316. The van der Waals surface area contributed by atoms with Gasteiger partial charge in [-0.25, -0.2) is 0 Å². The number of hydrogen-bond donors (Lipinski definition) is 2. The molecule has 1 unspecified atom stereocenters. The van der Waals surface area contributed by atoms with Crippen LogP contribution in [0.3, 0.4) is 0 Å². The highest BCUT2D eigenvalue weighted by Gasteiger charge is 2.21. The van der Waals surface area contributed by atoms with Crippen molar-refractivity contribution in [3.05, 3.63) is 58.6 Å². The van der Waals surface area contributed by atoms with E-state index in [2.05, 4.69) is 16.4 Å². The van der Waals surface area contributed by atoms with Gasteiger partial charge in [-0.05, 0) is 30.2 Å². The number of nitrogens with zero attached hydrogens (tertiary/aromatic N) is 1. The molecule has 0 amide bonds. The molecule has 0 saturated carbocycles. The number of para-hydroxylation sites is 1. The van der Waals surface area contributed by atoms with Gasteiger partial charge in [-0.15, -0.1) is 0 Å². The minimum atomic E-state index is 0.129. The van der Waals surface area contributed by atoms with Crippen LogP contribution in [-0.2, 0) is 6.42 Å². The van der Waals surface area contributed by atoms with Crippen LogP contribution in [0.5, 0.6) is 11.5 Å². The van der Waals surface area contributed by atoms with Crippen molar-refractivity contribution < 1.29 is 9.47 Å². The van der Waals surface area contributed by atoms with E-state index in [1.54, 1.807) is 7.11 Å². The summed E-state index contributed by atoms with van der Waals surface area (Å²) in [5.74, 6) is 2.03. The van der Waals surface area contributed by atoms with Gasteiger partial charge in [0, 0.05) is 18.5 Å². The monoisotopic (exact) mass is 359 g/mol. The Morgan fingerprint density at radius 2 is 2.20 bits per heavy atom. The van der Waals surface area contributed by atoms with Crippen LogP contribution < -0.4 is 20.5 Å². The molecule has 6 heteroatoms. The van der Waals surface area contributed by atoms with Crippen LogP contribution in [0.25, 0.3) is 0 Å². The van der Waals surface area contributed by atoms with Crippen molar-refractivity contribution in [2.45, 2.75) is 18.9 Å². The maximum Gasteiger partial charge on any atom is 0.189 e. The van der Waals surface area contributed by atoms with Gasteiger partial charge in [-0.2, -0.15) is 0 Å². The molecule has 1 atom stereocenters. The highest BCUT2D eigenvalue weighted by Crippen LogP contribution is 2.31. The summed E-state index contributed by atoms with van der Waals surface area (Å²) in [6.07, 6.45) is 1.63. The third-order valence-corrected chi connectivity index (χ3v) is 4.49. The SMILES string of the molecule is COc1cc(CCN=C(N)NC2CCOc3ccccc32)ccc1Cl. The lowest BCUT2D eigenvalue weighted by Crippen LogP contribution is -2.37. The molecule has 132 valence electrons. The predicted octanol–water partition coefficient (Wildman–Crippen LogP) is 3.32. The summed E-state index contributed by atoms with van der Waals surface area (Å²) >= 11 is 6.04. The van der Waals surface area contributed by atoms with Crippen molar-refractivity contribution in [2.24, 2.45) is 10.7 Å². The summed E-state index contributed by atoms with van der Waals surface area (Å²) in [6, 6.07) is 13.9. The van der Waals surface area contributed by atoms with Crippen LogP contribution in [0.2, 0.25) is 5.02 Å². The molecule has 1 aliphatic heterocycles. The molecule has 3 rings (SSSR count). The Balaban J connectivity index is 1.58. The lowest BCUT2D eigenvalue weighted by molar-refractivity contribution is 0.262. The molecule has 0 aromatic heterocycles. The number of nitrogens with two attached hydrogens (primary N) is 1. The van der Waals surface area contributed by atoms with Crippen LogP contribution >= 0.6 is 11.6 Å². The summed E-state index contributed by atoms with van der Waals surface area (Å²) in [4.78, 5) is 4.43. The van der Waals surface area contributed by atoms with Gasteiger partial charge in [-0.3, -0.25) is 4.99 Å². The third-order valence-electron chi connectivity index (χ3n) is 4.18. The Kier molecular flexibility index (Phi) is 5.66. The van der Waals surface area contributed by atoms with Crippen molar-refractivity contribution in [3.63, 3.8) is 0 Å². The van der Waals surface area contributed by atoms with Crippen molar-refractivity contribution in [1.82, 2.24) is 5.32 Å². The molecule has 3 N–H and O–H groups in total. The van der Waals surface area contributed by atoms with Gasteiger partial charge in [0.1, 0.15) is 11.5 Å². The van der Waals surface area contributed by atoms with Crippen LogP contribution in [0.1, 0.15) is 23.6 Å². The first-order valence-corrected chi connectivity index (χ1v) is 8.66. The lowest BCUT2D eigenvalue weighted by atomic mass is 10.0. The van der Waals surface area contributed by atoms with Gasteiger partial charge < -0.3 is 20.5 Å². The number of guanidine groups is 1. The van der Waals surface area contributed by atoms with Gasteiger partial charge in [0.25, 0.3) is 0 Å². The summed E-state index contributed by atoms with van der Waals surface area (Å²) in [5, 5.41) is 3.90. The number of nitrogens with one attached hydrogen (secondary N) is 1. The largest absolute Gasteiger partial charge is 0.495 e. The van der Waals surface area contributed by atoms with Gasteiger partial charge in [-0.1, -0.05) is 35.9 Å². The van der Waals surface area contributed by atoms with Crippen molar-refractivity contribution in [1.29, 1.82) is 0 Å². The average molecular weight is 360 g/mol. The molecule has 5 nitrogen and oxygen atoms in total. The Morgan fingerprint density at radius 1 is 1.36 bits per heavy atom. The van der Waals surface area contributed by atoms with Crippen LogP contribution in [0.15, 0.2) is 47.5 Å². The molecule has 1 heterocycles. The lowest BCUT2D eigenvalue weighted by Gasteiger charge is -2.26. The van der Waals surface area contributed by atoms with E-state index in [0.717, 1.165) is 29.7 Å². The Bertz CT molecular complexity index is 764. The van der Waals surface area contributed by atoms with Gasteiger partial charge >= 0.3 is 0 Å². The standard InChI is InChI=1S/C19H22ClN3O2/c1-24-18-12-13(6-7-15(18)20)8-10-22-19(21)23-16-9-11-25-17-5-3-2-4-14(16)17/h2-7,12,16H,8-11H2,1H3,(H3,21,22,23). The first-order valence-electron chi connectivity index (χ1n) is 8.28. The molecule has 2 aromatic carbocycles. The quantitative estimate of drug-likeness (QED) is 0.634. The molecule has 1 aliphatic rings. The van der Waals surface area contributed by atoms with Gasteiger partial charge in [0.15, 0.2) is 5.96 Å². The normalized spacial score (nSPS) is 16.7. The van der Waals surface area contributed by atoms with Crippen LogP contribution in [-0.4, -0.2) is 26.2 Å². The van der Waals surface area contributed by atoms with Crippen LogP contribution in [0, 0.1) is 0 Å². The van der Waals surface area contributed by atoms with Crippen molar-refractivity contribution in [3.8, 4) is 11.5 Å². The van der Waals surface area contributed by atoms with E-state index in [9.17, 15) is 0 Å². The number of hydrogen-bond acceptors (Lipinski definition) is 3. The Labute approximate surface area is 152 Å². The van der Waals surface area contributed by atoms with E-state index in [0.29, 0.717) is 29.9 Å². The minimum absolute atomic E-state index is 0.129. The molecular weight excluding hydrogens is 338 g/mol. The number of rotatable bonds is 5. The molecule has 25 heavy (non-hydrogen) atoms. The summed E-state index contributed by atoms with van der Waals surface area (Å²) in [6.45, 7) is 1.26. The number of fused-ring (bicyclic) bond motifs is 1. The molecule has 2 aromatic rings. The van der Waals surface area contributed by atoms with Crippen LogP contribution in [0.4, 0.5) is 0 Å². The zero-order valence-corrected chi connectivity index (χ0v) is 14.9. The summed E-state index contributed by atoms with van der Waals surface area (Å²) in [5.41, 5.74) is 8.28. The fourth-order valence-corrected chi connectivity index (χ4v) is 3.08. The van der Waals surface area contributed by atoms with Crippen molar-refractivity contribution >= 4 is 17.6 Å². The van der Waals surface area contributed by atoms with Crippen molar-refractivity contribution in [2.75, 3.05) is 20.3 Å². The first-order chi connectivity index (χ1) is 12.2. The zero-order chi connectivity index (χ0) is 17.6. The number of benzene rings is 2. The highest BCUT2D eigenvalue weighted by molar-refractivity contribution is 6.32. The Morgan fingerprint density at radius 3 is 3.04 bits per heavy atom. The maximum absolute atomic E-state index is 6.06. The summed E-state index contributed by atoms with van der Waals surface area (Å²) in [7, 11) is 1.61. The molecule has 0 aliphatic carbocycles. The second-order valence-corrected chi connectivity index (χ2v) is 6.26. The number of methoxy groups -OCH3 is 1. The summed E-state index contributed by atoms with van der Waals surface area (Å²) < 4.78 is 10.9. The van der Waals surface area contributed by atoms with Gasteiger partial charge in [0.2, 0.25) is 0 Å². The minimum Gasteiger partial charge on any atom is -0.495 e. The first kappa shape index (κ1) is 17.4. The molecule has 0 radical (unpaired) electrons. The number of ether oxygens (including phenoxy) is 2. The molecular formula is C19H22ClN3O2. The Hall–Kier alpha value is -2.40. The second-order valence-electron chi connectivity index (χ2n) is 5.86. The van der Waals surface area contributed by atoms with E-state index in [-0.39, 0.29) is 6.04 Å². The smallest absolute Gasteiger partial charge is 0.189 e. The molecule has 0 bridgehead atoms. The molecule has 0 fully saturated rings. The molecule has 0 spiro atoms. The topological polar surface area (TPSA) is 68.9 Å². The van der Waals surface area contributed by atoms with E-state index in [4.69, 9.17) is 26.8 Å².